The molecule has 1 aliphatic rings. The molecule has 3 N–H and O–H groups in total. The molecule has 0 spiro atoms. The highest BCUT2D eigenvalue weighted by Crippen LogP contribution is 2.34. The molecule has 0 bridgehead atoms. The molecule has 1 aromatic heterocycles. The van der Waals surface area contributed by atoms with E-state index in [1.807, 2.05) is 30.3 Å². The lowest BCUT2D eigenvalue weighted by Gasteiger charge is -2.29. The lowest BCUT2D eigenvalue weighted by Crippen LogP contribution is -2.44. The molecule has 152 valence electrons. The Morgan fingerprint density at radius 3 is 2.55 bits per heavy atom. The summed E-state index contributed by atoms with van der Waals surface area (Å²) in [5.74, 6) is -2.15. The van der Waals surface area contributed by atoms with E-state index >= 15 is 0 Å². The zero-order valence-corrected chi connectivity index (χ0v) is 16.9. The highest BCUT2D eigenvalue weighted by Gasteiger charge is 2.25. The van der Waals surface area contributed by atoms with Crippen LogP contribution < -0.4 is 16.0 Å². The van der Waals surface area contributed by atoms with Crippen molar-refractivity contribution in [2.45, 2.75) is 19.4 Å². The number of hydrogen-bond acceptors (Lipinski definition) is 4. The molecule has 3 aromatic rings. The fourth-order valence-corrected chi connectivity index (χ4v) is 3.93. The van der Waals surface area contributed by atoms with Gasteiger partial charge in [0.25, 0.3) is 5.92 Å². The van der Waals surface area contributed by atoms with Crippen molar-refractivity contribution in [3.8, 4) is 11.1 Å². The number of aromatic nitrogens is 1. The molecule has 0 aliphatic carbocycles. The standard InChI is InChI=1S/C22H23ClF2N4/c1-22(24,25)18-9-14(13-26)8-16(11-18)15-2-3-20-17(10-15)12-19(23)21(28-20)29-6-4-27-5-7-29/h2-3,8-12,27H,4-7,13,26H2,1H3. The van der Waals surface area contributed by atoms with Gasteiger partial charge < -0.3 is 16.0 Å². The van der Waals surface area contributed by atoms with E-state index in [2.05, 4.69) is 10.2 Å². The van der Waals surface area contributed by atoms with Gasteiger partial charge >= 0.3 is 0 Å². The van der Waals surface area contributed by atoms with Crippen LogP contribution in [0.25, 0.3) is 22.0 Å². The van der Waals surface area contributed by atoms with Gasteiger partial charge in [0, 0.05) is 50.6 Å². The van der Waals surface area contributed by atoms with E-state index in [1.54, 1.807) is 0 Å². The molecular weight excluding hydrogens is 394 g/mol. The number of piperazine rings is 1. The Kier molecular flexibility index (Phi) is 5.42. The molecule has 2 aromatic carbocycles. The molecule has 1 saturated heterocycles. The van der Waals surface area contributed by atoms with E-state index < -0.39 is 5.92 Å². The molecule has 29 heavy (non-hydrogen) atoms. The molecular formula is C22H23ClF2N4. The number of hydrogen-bond donors (Lipinski definition) is 2. The van der Waals surface area contributed by atoms with Gasteiger partial charge in [-0.1, -0.05) is 17.7 Å². The van der Waals surface area contributed by atoms with Crippen LogP contribution in [0.3, 0.4) is 0 Å². The van der Waals surface area contributed by atoms with Crippen LogP contribution in [0.1, 0.15) is 18.1 Å². The summed E-state index contributed by atoms with van der Waals surface area (Å²) in [5.41, 5.74) is 8.70. The zero-order chi connectivity index (χ0) is 20.6. The van der Waals surface area contributed by atoms with Crippen molar-refractivity contribution in [3.63, 3.8) is 0 Å². The number of rotatable bonds is 4. The van der Waals surface area contributed by atoms with E-state index in [1.165, 1.54) is 12.1 Å². The third-order valence-corrected chi connectivity index (χ3v) is 5.51. The van der Waals surface area contributed by atoms with Gasteiger partial charge in [-0.3, -0.25) is 0 Å². The SMILES string of the molecule is CC(F)(F)c1cc(CN)cc(-c2ccc3nc(N4CCNCC4)c(Cl)cc3c2)c1. The maximum absolute atomic E-state index is 13.9. The summed E-state index contributed by atoms with van der Waals surface area (Å²) in [7, 11) is 0. The number of nitrogens with two attached hydrogens (primary N) is 1. The van der Waals surface area contributed by atoms with Crippen molar-refractivity contribution in [3.05, 3.63) is 58.6 Å². The van der Waals surface area contributed by atoms with E-state index in [0.717, 1.165) is 55.4 Å². The summed E-state index contributed by atoms with van der Waals surface area (Å²) in [6.45, 7) is 4.61. The fourth-order valence-electron chi connectivity index (χ4n) is 3.65. The van der Waals surface area contributed by atoms with Crippen LogP contribution >= 0.6 is 11.6 Å². The number of anilines is 1. The van der Waals surface area contributed by atoms with Crippen molar-refractivity contribution >= 4 is 28.3 Å². The second-order valence-electron chi connectivity index (χ2n) is 7.45. The fraction of sp³-hybridized carbons (Fsp3) is 0.318. The number of halogens is 3. The molecule has 4 nitrogen and oxygen atoms in total. The first-order chi connectivity index (χ1) is 13.8. The van der Waals surface area contributed by atoms with Gasteiger partial charge in [-0.25, -0.2) is 13.8 Å². The number of fused-ring (bicyclic) bond motifs is 1. The second-order valence-corrected chi connectivity index (χ2v) is 7.86. The molecule has 0 radical (unpaired) electrons. The molecule has 0 atom stereocenters. The Morgan fingerprint density at radius 1 is 1.10 bits per heavy atom. The number of nitrogens with zero attached hydrogens (tertiary/aromatic N) is 2. The van der Waals surface area contributed by atoms with Crippen LogP contribution in [0.4, 0.5) is 14.6 Å². The summed E-state index contributed by atoms with van der Waals surface area (Å²) < 4.78 is 27.8. The smallest absolute Gasteiger partial charge is 0.270 e. The highest BCUT2D eigenvalue weighted by molar-refractivity contribution is 6.33. The van der Waals surface area contributed by atoms with Gasteiger partial charge in [0.1, 0.15) is 5.82 Å². The van der Waals surface area contributed by atoms with Gasteiger partial charge in [-0.2, -0.15) is 0 Å². The number of pyridine rings is 1. The average Bonchev–Trinajstić information content (AvgIpc) is 2.72. The Bertz CT molecular complexity index is 1040. The number of nitrogens with one attached hydrogen (secondary N) is 1. The monoisotopic (exact) mass is 416 g/mol. The van der Waals surface area contributed by atoms with Crippen LogP contribution in [0.15, 0.2) is 42.5 Å². The molecule has 2 heterocycles. The average molecular weight is 417 g/mol. The normalized spacial score (nSPS) is 15.1. The topological polar surface area (TPSA) is 54.2 Å². The molecule has 1 aliphatic heterocycles. The summed E-state index contributed by atoms with van der Waals surface area (Å²) in [4.78, 5) is 6.92. The predicted molar refractivity (Wildman–Crippen MR) is 115 cm³/mol. The Labute approximate surface area is 173 Å². The van der Waals surface area contributed by atoms with Crippen LogP contribution in [0.2, 0.25) is 5.02 Å². The Balaban J connectivity index is 1.76. The lowest BCUT2D eigenvalue weighted by atomic mass is 9.96. The number of benzene rings is 2. The minimum Gasteiger partial charge on any atom is -0.353 e. The zero-order valence-electron chi connectivity index (χ0n) is 16.2. The van der Waals surface area contributed by atoms with Crippen LogP contribution in [0.5, 0.6) is 0 Å². The third kappa shape index (κ3) is 4.20. The molecule has 0 saturated carbocycles. The van der Waals surface area contributed by atoms with E-state index in [9.17, 15) is 8.78 Å². The highest BCUT2D eigenvalue weighted by atomic mass is 35.5. The summed E-state index contributed by atoms with van der Waals surface area (Å²) in [6.07, 6.45) is 0. The predicted octanol–water partition coefficient (Wildman–Crippen LogP) is 4.54. The van der Waals surface area contributed by atoms with Crippen molar-refractivity contribution in [2.75, 3.05) is 31.1 Å². The van der Waals surface area contributed by atoms with Gasteiger partial charge in [0.15, 0.2) is 0 Å². The summed E-state index contributed by atoms with van der Waals surface area (Å²) in [5, 5.41) is 4.78. The minimum atomic E-state index is -2.93. The largest absolute Gasteiger partial charge is 0.353 e. The molecule has 1 fully saturated rings. The van der Waals surface area contributed by atoms with E-state index in [0.29, 0.717) is 16.1 Å². The van der Waals surface area contributed by atoms with E-state index in [4.69, 9.17) is 22.3 Å². The lowest BCUT2D eigenvalue weighted by molar-refractivity contribution is 0.0174. The Hall–Kier alpha value is -2.28. The van der Waals surface area contributed by atoms with E-state index in [-0.39, 0.29) is 12.1 Å². The summed E-state index contributed by atoms with van der Waals surface area (Å²) in [6, 6.07) is 12.5. The molecule has 0 unspecified atom stereocenters. The molecule has 4 rings (SSSR count). The first-order valence-corrected chi connectivity index (χ1v) is 10.0. The van der Waals surface area contributed by atoms with Gasteiger partial charge in [0.05, 0.1) is 10.5 Å². The maximum atomic E-state index is 13.9. The summed E-state index contributed by atoms with van der Waals surface area (Å²) >= 11 is 6.53. The van der Waals surface area contributed by atoms with Crippen molar-refractivity contribution in [1.29, 1.82) is 0 Å². The van der Waals surface area contributed by atoms with Gasteiger partial charge in [0.2, 0.25) is 0 Å². The van der Waals surface area contributed by atoms with Crippen LogP contribution in [0, 0.1) is 0 Å². The van der Waals surface area contributed by atoms with Crippen molar-refractivity contribution < 1.29 is 8.78 Å². The first kappa shape index (κ1) is 20.0. The van der Waals surface area contributed by atoms with Crippen LogP contribution in [-0.4, -0.2) is 31.2 Å². The minimum absolute atomic E-state index is 0.0410. The molecule has 7 heteroatoms. The van der Waals surface area contributed by atoms with Gasteiger partial charge in [-0.15, -0.1) is 0 Å². The first-order valence-electron chi connectivity index (χ1n) is 9.64. The van der Waals surface area contributed by atoms with Crippen molar-refractivity contribution in [2.24, 2.45) is 5.73 Å². The second kappa shape index (κ2) is 7.86. The number of alkyl halides is 2. The Morgan fingerprint density at radius 2 is 1.86 bits per heavy atom. The van der Waals surface area contributed by atoms with Crippen LogP contribution in [-0.2, 0) is 12.5 Å². The molecule has 0 amide bonds. The third-order valence-electron chi connectivity index (χ3n) is 5.23. The quantitative estimate of drug-likeness (QED) is 0.655. The maximum Gasteiger partial charge on any atom is 0.270 e. The van der Waals surface area contributed by atoms with Crippen molar-refractivity contribution in [1.82, 2.24) is 10.3 Å². The van der Waals surface area contributed by atoms with Gasteiger partial charge in [-0.05, 0) is 53.1 Å².